The topological polar surface area (TPSA) is 83.1 Å². The van der Waals surface area contributed by atoms with Crippen LogP contribution in [0.5, 0.6) is 17.2 Å². The van der Waals surface area contributed by atoms with Crippen molar-refractivity contribution in [3.05, 3.63) is 56.1 Å². The summed E-state index contributed by atoms with van der Waals surface area (Å²) in [4.78, 5) is 27.2. The fourth-order valence-electron chi connectivity index (χ4n) is 4.02. The summed E-state index contributed by atoms with van der Waals surface area (Å²) in [6, 6.07) is 7.23. The van der Waals surface area contributed by atoms with Gasteiger partial charge in [-0.3, -0.25) is 4.79 Å². The van der Waals surface area contributed by atoms with Crippen LogP contribution in [0, 0.1) is 0 Å². The maximum Gasteiger partial charge on any atom is 0.341 e. The molecule has 9 heteroatoms. The van der Waals surface area contributed by atoms with Crippen LogP contribution in [-0.4, -0.2) is 25.8 Å². The Morgan fingerprint density at radius 1 is 1.09 bits per heavy atom. The van der Waals surface area contributed by atoms with Gasteiger partial charge >= 0.3 is 5.97 Å². The van der Waals surface area contributed by atoms with Gasteiger partial charge < -0.3 is 24.3 Å². The number of nitrogens with one attached hydrogen (secondary N) is 1. The number of fused-ring (bicyclic) bond motifs is 2. The number of rotatable bonds is 6. The smallest absolute Gasteiger partial charge is 0.341 e. The highest BCUT2D eigenvalue weighted by Crippen LogP contribution is 2.38. The second-order valence-corrected chi connectivity index (χ2v) is 9.85. The van der Waals surface area contributed by atoms with Crippen LogP contribution in [0.15, 0.2) is 29.6 Å². The van der Waals surface area contributed by atoms with Gasteiger partial charge in [-0.05, 0) is 54.8 Å². The van der Waals surface area contributed by atoms with Crippen LogP contribution in [-0.2, 0) is 24.2 Å². The fraction of sp³-hybridized carbons (Fsp3) is 0.333. The molecule has 0 atom stereocenters. The lowest BCUT2D eigenvalue weighted by molar-refractivity contribution is 0.0601. The van der Waals surface area contributed by atoms with Crippen molar-refractivity contribution in [3.8, 4) is 17.2 Å². The van der Waals surface area contributed by atoms with Crippen LogP contribution >= 0.6 is 22.7 Å². The Morgan fingerprint density at radius 3 is 2.82 bits per heavy atom. The average molecular weight is 486 g/mol. The largest absolute Gasteiger partial charge is 0.489 e. The Labute approximate surface area is 199 Å². The highest BCUT2D eigenvalue weighted by Gasteiger charge is 2.26. The van der Waals surface area contributed by atoms with Gasteiger partial charge in [-0.15, -0.1) is 22.7 Å². The first kappa shape index (κ1) is 21.8. The lowest BCUT2D eigenvalue weighted by Crippen LogP contribution is -2.13. The van der Waals surface area contributed by atoms with Crippen molar-refractivity contribution in [1.82, 2.24) is 0 Å². The van der Waals surface area contributed by atoms with E-state index in [0.29, 0.717) is 39.3 Å². The molecule has 7 nitrogen and oxygen atoms in total. The van der Waals surface area contributed by atoms with Crippen LogP contribution in [0.4, 0.5) is 5.00 Å². The molecule has 1 aromatic carbocycles. The number of esters is 1. The highest BCUT2D eigenvalue weighted by atomic mass is 32.1. The minimum atomic E-state index is -0.395. The van der Waals surface area contributed by atoms with Gasteiger partial charge in [0.25, 0.3) is 5.91 Å². The molecule has 0 spiro atoms. The Kier molecular flexibility index (Phi) is 6.24. The summed E-state index contributed by atoms with van der Waals surface area (Å²) in [5.41, 5.74) is 2.43. The Morgan fingerprint density at radius 2 is 1.94 bits per heavy atom. The molecule has 1 aliphatic carbocycles. The van der Waals surface area contributed by atoms with E-state index < -0.39 is 5.97 Å². The number of thiophene rings is 2. The second-order valence-electron chi connectivity index (χ2n) is 7.84. The second kappa shape index (κ2) is 9.44. The normalized spacial score (nSPS) is 14.3. The first-order valence-electron chi connectivity index (χ1n) is 10.8. The molecule has 1 amide bonds. The van der Waals surface area contributed by atoms with Gasteiger partial charge in [-0.1, -0.05) is 6.42 Å². The predicted molar refractivity (Wildman–Crippen MR) is 126 cm³/mol. The molecule has 0 saturated carbocycles. The SMILES string of the molecule is COC(=O)c1c(NC(=O)c2cc(COc3ccc4c(c3)OCO4)cs2)sc2c1CCCCC2. The number of benzene rings is 1. The Bertz CT molecular complexity index is 1200. The number of ether oxygens (including phenoxy) is 4. The number of anilines is 1. The predicted octanol–water partition coefficient (Wildman–Crippen LogP) is 5.43. The third-order valence-corrected chi connectivity index (χ3v) is 7.85. The highest BCUT2D eigenvalue weighted by molar-refractivity contribution is 7.17. The number of carbonyl (C=O) groups is 2. The zero-order chi connectivity index (χ0) is 22.8. The number of aryl methyl sites for hydroxylation is 1. The molecule has 0 unspecified atom stereocenters. The molecule has 5 rings (SSSR count). The van der Waals surface area contributed by atoms with Crippen molar-refractivity contribution >= 4 is 39.6 Å². The summed E-state index contributed by atoms with van der Waals surface area (Å²) in [5.74, 6) is 1.39. The zero-order valence-electron chi connectivity index (χ0n) is 18.1. The Balaban J connectivity index is 1.28. The van der Waals surface area contributed by atoms with Gasteiger partial charge in [0.2, 0.25) is 6.79 Å². The van der Waals surface area contributed by atoms with E-state index in [4.69, 9.17) is 18.9 Å². The van der Waals surface area contributed by atoms with Crippen molar-refractivity contribution in [3.63, 3.8) is 0 Å². The van der Waals surface area contributed by atoms with Gasteiger partial charge in [0.15, 0.2) is 11.5 Å². The molecule has 0 bridgehead atoms. The monoisotopic (exact) mass is 485 g/mol. The molecule has 1 N–H and O–H groups in total. The maximum atomic E-state index is 13.0. The average Bonchev–Trinajstić information content (AvgIpc) is 3.52. The van der Waals surface area contributed by atoms with Crippen LogP contribution < -0.4 is 19.5 Å². The van der Waals surface area contributed by atoms with Crippen LogP contribution in [0.25, 0.3) is 0 Å². The van der Waals surface area contributed by atoms with Gasteiger partial charge in [-0.25, -0.2) is 4.79 Å². The molecular formula is C24H23NO6S2. The van der Waals surface area contributed by atoms with E-state index in [1.165, 1.54) is 34.7 Å². The number of hydrogen-bond donors (Lipinski definition) is 1. The molecule has 3 heterocycles. The molecule has 172 valence electrons. The first-order valence-corrected chi connectivity index (χ1v) is 12.5. The molecule has 3 aromatic rings. The zero-order valence-corrected chi connectivity index (χ0v) is 19.7. The fourth-order valence-corrected chi connectivity index (χ4v) is 6.08. The maximum absolute atomic E-state index is 13.0. The molecule has 2 aliphatic rings. The summed E-state index contributed by atoms with van der Waals surface area (Å²) in [7, 11) is 1.38. The number of amides is 1. The number of hydrogen-bond acceptors (Lipinski definition) is 8. The van der Waals surface area contributed by atoms with Crippen molar-refractivity contribution in [2.45, 2.75) is 38.7 Å². The van der Waals surface area contributed by atoms with Crippen LogP contribution in [0.3, 0.4) is 0 Å². The summed E-state index contributed by atoms with van der Waals surface area (Å²) in [6.45, 7) is 0.539. The molecule has 33 heavy (non-hydrogen) atoms. The van der Waals surface area contributed by atoms with Gasteiger partial charge in [0.1, 0.15) is 17.4 Å². The minimum Gasteiger partial charge on any atom is -0.489 e. The summed E-state index contributed by atoms with van der Waals surface area (Å²) >= 11 is 2.83. The van der Waals surface area contributed by atoms with E-state index in [9.17, 15) is 9.59 Å². The van der Waals surface area contributed by atoms with E-state index in [0.717, 1.165) is 43.2 Å². The molecule has 0 saturated heterocycles. The first-order chi connectivity index (χ1) is 16.1. The van der Waals surface area contributed by atoms with Crippen molar-refractivity contribution in [1.29, 1.82) is 0 Å². The van der Waals surface area contributed by atoms with Gasteiger partial charge in [-0.2, -0.15) is 0 Å². The number of methoxy groups -OCH3 is 1. The summed E-state index contributed by atoms with van der Waals surface area (Å²) in [6.07, 6.45) is 5.06. The molecule has 0 radical (unpaired) electrons. The summed E-state index contributed by atoms with van der Waals surface area (Å²) in [5, 5.41) is 5.42. The molecule has 2 aromatic heterocycles. The standard InChI is InChI=1S/C24H23NO6S2/c1-28-24(27)21-16-5-3-2-4-6-19(16)33-23(21)25-22(26)20-9-14(12-32-20)11-29-15-7-8-17-18(10-15)31-13-30-17/h7-10,12H,2-6,11,13H2,1H3,(H,25,26). The van der Waals surface area contributed by atoms with E-state index in [-0.39, 0.29) is 12.7 Å². The van der Waals surface area contributed by atoms with E-state index in [2.05, 4.69) is 5.32 Å². The number of carbonyl (C=O) groups excluding carboxylic acids is 2. The lowest BCUT2D eigenvalue weighted by atomic mass is 10.1. The third-order valence-electron chi connectivity index (χ3n) is 5.66. The molecule has 0 fully saturated rings. The third kappa shape index (κ3) is 4.56. The van der Waals surface area contributed by atoms with E-state index in [1.807, 2.05) is 23.6 Å². The van der Waals surface area contributed by atoms with Crippen molar-refractivity contribution in [2.75, 3.05) is 19.2 Å². The van der Waals surface area contributed by atoms with Crippen LogP contribution in [0.1, 0.15) is 55.3 Å². The van der Waals surface area contributed by atoms with Gasteiger partial charge in [0.05, 0.1) is 17.6 Å². The quantitative estimate of drug-likeness (QED) is 0.371. The van der Waals surface area contributed by atoms with Crippen molar-refractivity contribution in [2.24, 2.45) is 0 Å². The van der Waals surface area contributed by atoms with E-state index >= 15 is 0 Å². The Hall–Kier alpha value is -3.04. The molecule has 1 aliphatic heterocycles. The van der Waals surface area contributed by atoms with Gasteiger partial charge in [0, 0.05) is 16.5 Å². The van der Waals surface area contributed by atoms with Crippen molar-refractivity contribution < 1.29 is 28.5 Å². The van der Waals surface area contributed by atoms with E-state index in [1.54, 1.807) is 6.07 Å². The molecular weight excluding hydrogens is 462 g/mol. The van der Waals surface area contributed by atoms with Crippen LogP contribution in [0.2, 0.25) is 0 Å². The minimum absolute atomic E-state index is 0.215. The summed E-state index contributed by atoms with van der Waals surface area (Å²) < 4.78 is 21.5. The lowest BCUT2D eigenvalue weighted by Gasteiger charge is -2.07.